The van der Waals surface area contributed by atoms with Crippen LogP contribution in [0.15, 0.2) is 48.8 Å². The zero-order chi connectivity index (χ0) is 23.6. The Kier molecular flexibility index (Phi) is 8.95. The van der Waals surface area contributed by atoms with Gasteiger partial charge < -0.3 is 9.97 Å². The smallest absolute Gasteiger partial charge is 0.165 e. The van der Waals surface area contributed by atoms with E-state index >= 15 is 0 Å². The second-order valence-electron chi connectivity index (χ2n) is 7.62. The van der Waals surface area contributed by atoms with Crippen LogP contribution in [-0.4, -0.2) is 27.5 Å². The third-order valence-electron chi connectivity index (χ3n) is 5.37. The molecule has 168 valence electrons. The second-order valence-corrected chi connectivity index (χ2v) is 8.38. The predicted octanol–water partition coefficient (Wildman–Crippen LogP) is 6.84. The first-order chi connectivity index (χ1) is 16.1. The number of H-pyrrole nitrogens is 2. The number of carbonyl (C=O) groups is 1. The highest BCUT2D eigenvalue weighted by atomic mass is 35.5. The molecule has 33 heavy (non-hydrogen) atoms. The highest BCUT2D eigenvalue weighted by Gasteiger charge is 2.12. The minimum atomic E-state index is 0.0620. The number of fused-ring (bicyclic) bond motifs is 2. The molecule has 0 aliphatic heterocycles. The van der Waals surface area contributed by atoms with Gasteiger partial charge in [-0.25, -0.2) is 0 Å². The minimum Gasteiger partial charge on any atom is -0.361 e. The van der Waals surface area contributed by atoms with Crippen molar-refractivity contribution >= 4 is 50.8 Å². The summed E-state index contributed by atoms with van der Waals surface area (Å²) in [5.74, 6) is 1.26. The van der Waals surface area contributed by atoms with E-state index in [1.54, 1.807) is 18.3 Å². The third kappa shape index (κ3) is 6.17. The molecule has 2 heterocycles. The lowest BCUT2D eigenvalue weighted by Gasteiger charge is -1.98. The van der Waals surface area contributed by atoms with E-state index in [1.165, 1.54) is 5.56 Å². The molecular formula is C26H24Cl2N4O. The van der Waals surface area contributed by atoms with Crippen LogP contribution in [-0.2, 0) is 6.42 Å². The van der Waals surface area contributed by atoms with E-state index in [-0.39, 0.29) is 5.78 Å². The Labute approximate surface area is 202 Å². The van der Waals surface area contributed by atoms with Crippen LogP contribution in [0.5, 0.6) is 0 Å². The van der Waals surface area contributed by atoms with Crippen molar-refractivity contribution in [3.63, 3.8) is 0 Å². The first kappa shape index (κ1) is 24.4. The number of hydrogen-bond donors (Lipinski definition) is 2. The number of ketones is 1. The Balaban J connectivity index is 0.000000186. The van der Waals surface area contributed by atoms with Crippen LogP contribution in [0.4, 0.5) is 0 Å². The van der Waals surface area contributed by atoms with Crippen molar-refractivity contribution in [1.29, 1.82) is 10.5 Å². The van der Waals surface area contributed by atoms with Crippen LogP contribution in [0, 0.1) is 22.7 Å². The van der Waals surface area contributed by atoms with Gasteiger partial charge in [-0.1, -0.05) is 0 Å². The zero-order valence-corrected chi connectivity index (χ0v) is 19.6. The maximum Gasteiger partial charge on any atom is 0.165 e. The van der Waals surface area contributed by atoms with Gasteiger partial charge in [0.05, 0.1) is 23.3 Å². The van der Waals surface area contributed by atoms with E-state index in [9.17, 15) is 4.79 Å². The molecule has 0 aliphatic rings. The van der Waals surface area contributed by atoms with Crippen LogP contribution in [0.1, 0.15) is 52.7 Å². The van der Waals surface area contributed by atoms with Crippen molar-refractivity contribution in [3.05, 3.63) is 71.0 Å². The van der Waals surface area contributed by atoms with Gasteiger partial charge in [-0.2, -0.15) is 10.5 Å². The molecule has 4 rings (SSSR count). The lowest BCUT2D eigenvalue weighted by atomic mass is 10.0. The normalized spacial score (nSPS) is 10.4. The molecule has 2 N–H and O–H groups in total. The van der Waals surface area contributed by atoms with Crippen LogP contribution >= 0.6 is 23.2 Å². The number of rotatable bonds is 8. The lowest BCUT2D eigenvalue weighted by molar-refractivity contribution is 0.0983. The number of halogens is 2. The maximum absolute atomic E-state index is 11.9. The van der Waals surface area contributed by atoms with Crippen molar-refractivity contribution in [1.82, 2.24) is 9.97 Å². The molecule has 0 amide bonds. The molecule has 0 aliphatic carbocycles. The number of nitrogens with one attached hydrogen (secondary N) is 2. The van der Waals surface area contributed by atoms with Gasteiger partial charge in [0.2, 0.25) is 0 Å². The first-order valence-electron chi connectivity index (χ1n) is 10.8. The number of aryl methyl sites for hydroxylation is 1. The van der Waals surface area contributed by atoms with Gasteiger partial charge in [-0.3, -0.25) is 4.79 Å². The summed E-state index contributed by atoms with van der Waals surface area (Å²) in [6.45, 7) is 0. The highest BCUT2D eigenvalue weighted by molar-refractivity contribution is 6.18. The van der Waals surface area contributed by atoms with Crippen LogP contribution in [0.2, 0.25) is 0 Å². The highest BCUT2D eigenvalue weighted by Crippen LogP contribution is 2.22. The Morgan fingerprint density at radius 1 is 0.818 bits per heavy atom. The van der Waals surface area contributed by atoms with Crippen LogP contribution in [0.3, 0.4) is 0 Å². The number of aromatic nitrogens is 2. The van der Waals surface area contributed by atoms with Crippen molar-refractivity contribution in [2.75, 3.05) is 11.8 Å². The van der Waals surface area contributed by atoms with Crippen molar-refractivity contribution in [2.45, 2.75) is 32.1 Å². The number of alkyl halides is 2. The predicted molar refractivity (Wildman–Crippen MR) is 134 cm³/mol. The van der Waals surface area contributed by atoms with Gasteiger partial charge >= 0.3 is 0 Å². The summed E-state index contributed by atoms with van der Waals surface area (Å²) in [6.07, 6.45) is 7.97. The quantitative estimate of drug-likeness (QED) is 0.164. The zero-order valence-electron chi connectivity index (χ0n) is 18.1. The minimum absolute atomic E-state index is 0.0620. The summed E-state index contributed by atoms with van der Waals surface area (Å²) in [4.78, 5) is 18.2. The molecule has 2 aromatic heterocycles. The fraction of sp³-hybridized carbons (Fsp3) is 0.269. The number of benzene rings is 2. The first-order valence-corrected chi connectivity index (χ1v) is 11.8. The third-order valence-corrected chi connectivity index (χ3v) is 5.91. The van der Waals surface area contributed by atoms with Crippen molar-refractivity contribution < 1.29 is 4.79 Å². The number of nitrogens with zero attached hydrogens (tertiary/aromatic N) is 2. The van der Waals surface area contributed by atoms with Gasteiger partial charge in [0.15, 0.2) is 5.78 Å². The molecule has 5 nitrogen and oxygen atoms in total. The van der Waals surface area contributed by atoms with E-state index in [4.69, 9.17) is 33.7 Å². The lowest BCUT2D eigenvalue weighted by Crippen LogP contribution is -1.98. The monoisotopic (exact) mass is 478 g/mol. The molecule has 0 atom stereocenters. The van der Waals surface area contributed by atoms with Crippen molar-refractivity contribution in [2.24, 2.45) is 0 Å². The van der Waals surface area contributed by atoms with Crippen LogP contribution < -0.4 is 0 Å². The molecule has 0 saturated heterocycles. The number of carbonyl (C=O) groups excluding carboxylic acids is 1. The Morgan fingerprint density at radius 2 is 1.42 bits per heavy atom. The molecule has 7 heteroatoms. The molecule has 0 saturated carbocycles. The summed E-state index contributed by atoms with van der Waals surface area (Å²) in [5.41, 5.74) is 5.16. The molecular weight excluding hydrogens is 455 g/mol. The van der Waals surface area contributed by atoms with E-state index < -0.39 is 0 Å². The van der Waals surface area contributed by atoms with Gasteiger partial charge in [-0.05, 0) is 67.6 Å². The average Bonchev–Trinajstić information content (AvgIpc) is 3.46. The Hall–Kier alpha value is -3.25. The fourth-order valence-electron chi connectivity index (χ4n) is 3.65. The molecule has 4 aromatic rings. The summed E-state index contributed by atoms with van der Waals surface area (Å²) >= 11 is 11.2. The number of nitriles is 2. The summed E-state index contributed by atoms with van der Waals surface area (Å²) in [5, 5.41) is 19.7. The van der Waals surface area contributed by atoms with E-state index in [1.807, 2.05) is 30.5 Å². The molecule has 0 spiro atoms. The number of Topliss-reactive ketones (excluding diaryl/α,β-unsaturated/α-hetero) is 1. The van der Waals surface area contributed by atoms with Crippen molar-refractivity contribution in [3.8, 4) is 12.1 Å². The van der Waals surface area contributed by atoms with Gasteiger partial charge in [0.1, 0.15) is 0 Å². The standard InChI is InChI=1S/C13H11ClN2O.C13H13ClN2/c14-5-1-2-13(17)11-8-16-12-4-3-9(7-15)6-10(11)12;14-6-2-1-3-11-9-16-13-5-4-10(8-15)7-12(11)13/h3-4,6,8,16H,1-2,5H2;4-5,7,9,16H,1-3,6H2. The molecule has 0 unspecified atom stereocenters. The topological polar surface area (TPSA) is 96.2 Å². The Bertz CT molecular complexity index is 1320. The summed E-state index contributed by atoms with van der Waals surface area (Å²) in [7, 11) is 0. The molecule has 0 radical (unpaired) electrons. The van der Waals surface area contributed by atoms with Gasteiger partial charge in [-0.15, -0.1) is 23.2 Å². The summed E-state index contributed by atoms with van der Waals surface area (Å²) in [6, 6.07) is 15.3. The van der Waals surface area contributed by atoms with E-state index in [0.29, 0.717) is 41.3 Å². The fourth-order valence-corrected chi connectivity index (χ4v) is 3.97. The number of aromatic amines is 2. The van der Waals surface area contributed by atoms with E-state index in [2.05, 4.69) is 22.1 Å². The average molecular weight is 479 g/mol. The number of unbranched alkanes of at least 4 members (excludes halogenated alkanes) is 1. The molecule has 0 bridgehead atoms. The Morgan fingerprint density at radius 3 is 2.06 bits per heavy atom. The number of hydrogen-bond acceptors (Lipinski definition) is 3. The van der Waals surface area contributed by atoms with Gasteiger partial charge in [0.25, 0.3) is 0 Å². The SMILES string of the molecule is N#Cc1ccc2[nH]cc(C(=O)CCCCl)c2c1.N#Cc1ccc2[nH]cc(CCCCCl)c2c1. The maximum atomic E-state index is 11.9. The van der Waals surface area contributed by atoms with E-state index in [0.717, 1.165) is 41.1 Å². The molecule has 2 aromatic carbocycles. The summed E-state index contributed by atoms with van der Waals surface area (Å²) < 4.78 is 0. The largest absolute Gasteiger partial charge is 0.361 e. The van der Waals surface area contributed by atoms with Crippen LogP contribution in [0.25, 0.3) is 21.8 Å². The van der Waals surface area contributed by atoms with Gasteiger partial charge in [0, 0.05) is 57.9 Å². The molecule has 0 fully saturated rings. The second kappa shape index (κ2) is 12.1.